The van der Waals surface area contributed by atoms with Gasteiger partial charge in [0.25, 0.3) is 0 Å². The Morgan fingerprint density at radius 3 is 2.90 bits per heavy atom. The van der Waals surface area contributed by atoms with E-state index in [1.54, 1.807) is 0 Å². The minimum atomic E-state index is -0.444. The number of benzene rings is 1. The number of hydrogen-bond donors (Lipinski definition) is 3. The summed E-state index contributed by atoms with van der Waals surface area (Å²) in [6, 6.07) is 5.82. The number of hydrogen-bond acceptors (Lipinski definition) is 3. The lowest BCUT2D eigenvalue weighted by molar-refractivity contribution is -0.0612. The van der Waals surface area contributed by atoms with E-state index in [2.05, 4.69) is 20.8 Å². The Bertz CT molecular complexity index is 562. The predicted molar refractivity (Wildman–Crippen MR) is 88.9 cm³/mol. The first-order chi connectivity index (χ1) is 9.99. The van der Waals surface area contributed by atoms with E-state index in [0.29, 0.717) is 5.92 Å². The Hall–Kier alpha value is -1.07. The smallest absolute Gasteiger partial charge is 0.122 e. The molecular formula is C16H22BrN3O. The van der Waals surface area contributed by atoms with E-state index in [9.17, 15) is 5.11 Å². The van der Waals surface area contributed by atoms with Crippen molar-refractivity contribution in [3.05, 3.63) is 28.2 Å². The van der Waals surface area contributed by atoms with Crippen molar-refractivity contribution in [3.8, 4) is 0 Å². The standard InChI is InChI=1S/C16H22BrN3O/c17-13-9-11(15(18)19)4-5-14(13)20-8-7-16(21)6-2-1-3-12(16)10-20/h4-5,9,12,21H,1-3,6-8,10H2,(H3,18,19). The summed E-state index contributed by atoms with van der Waals surface area (Å²) in [5.41, 5.74) is 6.95. The van der Waals surface area contributed by atoms with Crippen LogP contribution in [0.15, 0.2) is 22.7 Å². The number of fused-ring (bicyclic) bond motifs is 1. The average Bonchev–Trinajstić information content (AvgIpc) is 2.46. The van der Waals surface area contributed by atoms with Crippen molar-refractivity contribution in [2.75, 3.05) is 18.0 Å². The van der Waals surface area contributed by atoms with Crippen molar-refractivity contribution < 1.29 is 5.11 Å². The van der Waals surface area contributed by atoms with Crippen molar-refractivity contribution in [3.63, 3.8) is 0 Å². The second kappa shape index (κ2) is 5.61. The van der Waals surface area contributed by atoms with E-state index in [1.807, 2.05) is 18.2 Å². The van der Waals surface area contributed by atoms with Gasteiger partial charge in [0.15, 0.2) is 0 Å². The molecule has 1 aliphatic carbocycles. The maximum Gasteiger partial charge on any atom is 0.122 e. The van der Waals surface area contributed by atoms with Crippen molar-refractivity contribution in [1.82, 2.24) is 0 Å². The highest BCUT2D eigenvalue weighted by molar-refractivity contribution is 9.10. The first-order valence-electron chi connectivity index (χ1n) is 7.61. The van der Waals surface area contributed by atoms with Gasteiger partial charge in [-0.15, -0.1) is 0 Å². The molecule has 4 nitrogen and oxygen atoms in total. The Morgan fingerprint density at radius 1 is 1.38 bits per heavy atom. The fourth-order valence-electron chi connectivity index (χ4n) is 3.72. The summed E-state index contributed by atoms with van der Waals surface area (Å²) in [6.07, 6.45) is 5.31. The van der Waals surface area contributed by atoms with Crippen LogP contribution < -0.4 is 10.6 Å². The van der Waals surface area contributed by atoms with E-state index in [-0.39, 0.29) is 5.84 Å². The molecule has 0 aromatic heterocycles. The largest absolute Gasteiger partial charge is 0.389 e. The zero-order chi connectivity index (χ0) is 15.0. The molecule has 1 saturated heterocycles. The summed E-state index contributed by atoms with van der Waals surface area (Å²) in [4.78, 5) is 2.35. The maximum absolute atomic E-state index is 10.8. The molecule has 1 heterocycles. The van der Waals surface area contributed by atoms with Crippen LogP contribution in [0.25, 0.3) is 0 Å². The number of rotatable bonds is 2. The van der Waals surface area contributed by atoms with Crippen LogP contribution in [0.1, 0.15) is 37.7 Å². The lowest BCUT2D eigenvalue weighted by atomic mass is 9.71. The van der Waals surface area contributed by atoms with E-state index >= 15 is 0 Å². The SMILES string of the molecule is N=C(N)c1ccc(N2CCC3(O)CCCCC3C2)c(Br)c1. The highest BCUT2D eigenvalue weighted by Crippen LogP contribution is 2.42. The van der Waals surface area contributed by atoms with E-state index < -0.39 is 5.60 Å². The first-order valence-corrected chi connectivity index (χ1v) is 8.40. The Labute approximate surface area is 134 Å². The number of piperidine rings is 1. The van der Waals surface area contributed by atoms with Crippen LogP contribution in [-0.2, 0) is 0 Å². The van der Waals surface area contributed by atoms with Gasteiger partial charge in [0.1, 0.15) is 5.84 Å². The molecule has 2 unspecified atom stereocenters. The Balaban J connectivity index is 1.81. The third-order valence-electron chi connectivity index (χ3n) is 5.03. The van der Waals surface area contributed by atoms with Gasteiger partial charge in [0.05, 0.1) is 11.3 Å². The molecular weight excluding hydrogens is 330 g/mol. The monoisotopic (exact) mass is 351 g/mol. The van der Waals surface area contributed by atoms with E-state index in [1.165, 1.54) is 6.42 Å². The van der Waals surface area contributed by atoms with Crippen LogP contribution in [0.4, 0.5) is 5.69 Å². The number of aliphatic hydroxyl groups is 1. The molecule has 1 aromatic rings. The van der Waals surface area contributed by atoms with Gasteiger partial charge in [-0.2, -0.15) is 0 Å². The lowest BCUT2D eigenvalue weighted by Crippen LogP contribution is -2.53. The summed E-state index contributed by atoms with van der Waals surface area (Å²) in [6.45, 7) is 1.79. The van der Waals surface area contributed by atoms with Crippen molar-refractivity contribution in [2.24, 2.45) is 11.7 Å². The summed E-state index contributed by atoms with van der Waals surface area (Å²) in [5, 5.41) is 18.3. The second-order valence-electron chi connectivity index (χ2n) is 6.32. The summed E-state index contributed by atoms with van der Waals surface area (Å²) < 4.78 is 0.969. The summed E-state index contributed by atoms with van der Waals surface area (Å²) in [7, 11) is 0. The summed E-state index contributed by atoms with van der Waals surface area (Å²) in [5.74, 6) is 0.460. The van der Waals surface area contributed by atoms with Gasteiger partial charge in [-0.05, 0) is 53.4 Å². The fourth-order valence-corrected chi connectivity index (χ4v) is 4.35. The number of nitrogens with zero attached hydrogens (tertiary/aromatic N) is 1. The van der Waals surface area contributed by atoms with Gasteiger partial charge >= 0.3 is 0 Å². The third kappa shape index (κ3) is 2.81. The van der Waals surface area contributed by atoms with Crippen LogP contribution in [-0.4, -0.2) is 29.6 Å². The third-order valence-corrected chi connectivity index (χ3v) is 5.66. The summed E-state index contributed by atoms with van der Waals surface area (Å²) >= 11 is 3.60. The van der Waals surface area contributed by atoms with Crippen molar-refractivity contribution >= 4 is 27.5 Å². The number of nitrogens with two attached hydrogens (primary N) is 1. The first kappa shape index (κ1) is 14.9. The highest BCUT2D eigenvalue weighted by Gasteiger charge is 2.42. The van der Waals surface area contributed by atoms with E-state index in [4.69, 9.17) is 11.1 Å². The highest BCUT2D eigenvalue weighted by atomic mass is 79.9. The zero-order valence-electron chi connectivity index (χ0n) is 12.1. The molecule has 1 aliphatic heterocycles. The molecule has 3 rings (SSSR count). The molecule has 2 fully saturated rings. The molecule has 1 saturated carbocycles. The van der Waals surface area contributed by atoms with Crippen LogP contribution >= 0.6 is 15.9 Å². The normalized spacial score (nSPS) is 29.0. The minimum absolute atomic E-state index is 0.0857. The molecule has 4 N–H and O–H groups in total. The van der Waals surface area contributed by atoms with Gasteiger partial charge in [-0.25, -0.2) is 0 Å². The molecule has 5 heteroatoms. The number of nitrogen functional groups attached to an aromatic ring is 1. The molecule has 2 atom stereocenters. The van der Waals surface area contributed by atoms with Gasteiger partial charge in [-0.1, -0.05) is 12.8 Å². The van der Waals surface area contributed by atoms with E-state index in [0.717, 1.165) is 54.5 Å². The Morgan fingerprint density at radius 2 is 2.19 bits per heavy atom. The van der Waals surface area contributed by atoms with Crippen LogP contribution in [0.3, 0.4) is 0 Å². The molecule has 0 amide bonds. The molecule has 0 spiro atoms. The molecule has 0 radical (unpaired) electrons. The molecule has 21 heavy (non-hydrogen) atoms. The number of halogens is 1. The number of nitrogens with one attached hydrogen (secondary N) is 1. The van der Waals surface area contributed by atoms with Gasteiger partial charge in [0, 0.05) is 29.0 Å². The van der Waals surface area contributed by atoms with Crippen LogP contribution in [0.2, 0.25) is 0 Å². The predicted octanol–water partition coefficient (Wildman–Crippen LogP) is 2.86. The minimum Gasteiger partial charge on any atom is -0.389 e. The average molecular weight is 352 g/mol. The van der Waals surface area contributed by atoms with Crippen molar-refractivity contribution in [1.29, 1.82) is 5.41 Å². The molecule has 2 aliphatic rings. The quantitative estimate of drug-likeness (QED) is 0.566. The molecule has 114 valence electrons. The van der Waals surface area contributed by atoms with Crippen molar-refractivity contribution in [2.45, 2.75) is 37.7 Å². The van der Waals surface area contributed by atoms with Crippen LogP contribution in [0.5, 0.6) is 0 Å². The van der Waals surface area contributed by atoms with Crippen LogP contribution in [0, 0.1) is 11.3 Å². The molecule has 0 bridgehead atoms. The molecule has 1 aromatic carbocycles. The zero-order valence-corrected chi connectivity index (χ0v) is 13.7. The number of amidine groups is 1. The maximum atomic E-state index is 10.8. The topological polar surface area (TPSA) is 73.3 Å². The van der Waals surface area contributed by atoms with Gasteiger partial charge in [-0.3, -0.25) is 5.41 Å². The lowest BCUT2D eigenvalue weighted by Gasteiger charge is -2.48. The number of anilines is 1. The van der Waals surface area contributed by atoms with Gasteiger partial charge < -0.3 is 15.7 Å². The van der Waals surface area contributed by atoms with Gasteiger partial charge in [0.2, 0.25) is 0 Å². The Kier molecular flexibility index (Phi) is 3.97. The second-order valence-corrected chi connectivity index (χ2v) is 7.18. The fraction of sp³-hybridized carbons (Fsp3) is 0.562.